The molecule has 7 nitrogen and oxygen atoms in total. The lowest BCUT2D eigenvalue weighted by atomic mass is 9.97. The van der Waals surface area contributed by atoms with Crippen LogP contribution < -0.4 is 20.5 Å². The minimum absolute atomic E-state index is 0.370. The molecule has 170 valence electrons. The number of fused-ring (bicyclic) bond motifs is 1. The second-order valence-corrected chi connectivity index (χ2v) is 8.85. The van der Waals surface area contributed by atoms with Gasteiger partial charge in [-0.25, -0.2) is 9.97 Å². The Hall–Kier alpha value is -2.48. The fraction of sp³-hybridized carbons (Fsp3) is 0.391. The summed E-state index contributed by atoms with van der Waals surface area (Å²) in [5.74, 6) is 2.66. The third kappa shape index (κ3) is 4.51. The van der Waals surface area contributed by atoms with E-state index in [9.17, 15) is 0 Å². The van der Waals surface area contributed by atoms with Crippen LogP contribution in [0.2, 0.25) is 10.0 Å². The van der Waals surface area contributed by atoms with Gasteiger partial charge in [-0.05, 0) is 51.0 Å². The molecule has 0 aliphatic carbocycles. The average molecular weight is 476 g/mol. The number of anilines is 2. The third-order valence-electron chi connectivity index (χ3n) is 5.96. The highest BCUT2D eigenvalue weighted by Crippen LogP contribution is 2.46. The van der Waals surface area contributed by atoms with E-state index in [1.807, 2.05) is 12.1 Å². The van der Waals surface area contributed by atoms with Gasteiger partial charge in [-0.15, -0.1) is 0 Å². The number of halogens is 2. The zero-order chi connectivity index (χ0) is 22.8. The molecule has 1 aromatic carbocycles. The van der Waals surface area contributed by atoms with Gasteiger partial charge in [0.15, 0.2) is 0 Å². The van der Waals surface area contributed by atoms with Gasteiger partial charge in [0.25, 0.3) is 0 Å². The largest absolute Gasteiger partial charge is 0.495 e. The van der Waals surface area contributed by atoms with E-state index in [4.69, 9.17) is 43.4 Å². The summed E-state index contributed by atoms with van der Waals surface area (Å²) in [5.41, 5.74) is 7.12. The second kappa shape index (κ2) is 9.57. The summed E-state index contributed by atoms with van der Waals surface area (Å²) >= 11 is 13.3. The van der Waals surface area contributed by atoms with Crippen molar-refractivity contribution in [3.8, 4) is 22.8 Å². The predicted molar refractivity (Wildman–Crippen MR) is 131 cm³/mol. The van der Waals surface area contributed by atoms with E-state index in [1.54, 1.807) is 26.5 Å². The fourth-order valence-electron chi connectivity index (χ4n) is 4.04. The zero-order valence-electron chi connectivity index (χ0n) is 18.4. The standard InChI is InChI=1S/C23H27Cl2N5O2/c1-30-6-4-13(5-7-30)11-28-23-15-9-19(26)27-12-14(15)8-16(29-23)20-21(24)17(31-2)10-18(32-3)22(20)25/h8-10,12-13H,4-7,11H2,1-3H3,(H2,26,27)(H,28,29). The van der Waals surface area contributed by atoms with Crippen molar-refractivity contribution in [2.24, 2.45) is 5.92 Å². The maximum atomic E-state index is 6.65. The Labute approximate surface area is 197 Å². The van der Waals surface area contributed by atoms with Crippen molar-refractivity contribution in [3.63, 3.8) is 0 Å². The average Bonchev–Trinajstić information content (AvgIpc) is 2.79. The SMILES string of the molecule is COc1cc(OC)c(Cl)c(-c2cc3cnc(N)cc3c(NCC3CCN(C)CC3)n2)c1Cl. The highest BCUT2D eigenvalue weighted by Gasteiger charge is 2.22. The molecular formula is C23H27Cl2N5O2. The molecule has 1 aliphatic rings. The number of rotatable bonds is 6. The number of piperidine rings is 1. The van der Waals surface area contributed by atoms with Gasteiger partial charge in [-0.3, -0.25) is 0 Å². The molecule has 2 aromatic heterocycles. The minimum Gasteiger partial charge on any atom is -0.495 e. The van der Waals surface area contributed by atoms with E-state index in [0.29, 0.717) is 44.5 Å². The molecule has 3 aromatic rings. The summed E-state index contributed by atoms with van der Waals surface area (Å²) in [5, 5.41) is 6.06. The van der Waals surface area contributed by atoms with Crippen molar-refractivity contribution in [3.05, 3.63) is 34.4 Å². The minimum atomic E-state index is 0.370. The van der Waals surface area contributed by atoms with E-state index in [0.717, 1.165) is 49.1 Å². The molecule has 1 fully saturated rings. The third-order valence-corrected chi connectivity index (χ3v) is 6.71. The lowest BCUT2D eigenvalue weighted by molar-refractivity contribution is 0.226. The number of nitrogens with two attached hydrogens (primary N) is 1. The molecule has 32 heavy (non-hydrogen) atoms. The van der Waals surface area contributed by atoms with Crippen molar-refractivity contribution in [2.75, 3.05) is 52.0 Å². The van der Waals surface area contributed by atoms with Crippen LogP contribution in [0.5, 0.6) is 11.5 Å². The Kier molecular flexibility index (Phi) is 6.79. The van der Waals surface area contributed by atoms with Crippen LogP contribution >= 0.6 is 23.2 Å². The Morgan fingerprint density at radius 1 is 1.09 bits per heavy atom. The first-order valence-electron chi connectivity index (χ1n) is 10.5. The monoisotopic (exact) mass is 475 g/mol. The summed E-state index contributed by atoms with van der Waals surface area (Å²) in [4.78, 5) is 11.5. The number of nitrogens with one attached hydrogen (secondary N) is 1. The van der Waals surface area contributed by atoms with Gasteiger partial charge in [0.05, 0.1) is 30.0 Å². The van der Waals surface area contributed by atoms with Crippen LogP contribution in [0.15, 0.2) is 24.4 Å². The number of ether oxygens (including phenoxy) is 2. The number of aromatic nitrogens is 2. The van der Waals surface area contributed by atoms with Gasteiger partial charge in [-0.2, -0.15) is 0 Å². The first-order valence-corrected chi connectivity index (χ1v) is 11.3. The lowest BCUT2D eigenvalue weighted by Gasteiger charge is -2.29. The Morgan fingerprint density at radius 2 is 1.75 bits per heavy atom. The number of benzene rings is 1. The van der Waals surface area contributed by atoms with Crippen LogP contribution in [0, 0.1) is 5.92 Å². The van der Waals surface area contributed by atoms with E-state index in [1.165, 1.54) is 0 Å². The number of nitrogen functional groups attached to an aromatic ring is 1. The molecule has 0 amide bonds. The molecule has 0 spiro atoms. The summed E-state index contributed by atoms with van der Waals surface area (Å²) in [6.07, 6.45) is 4.03. The molecule has 0 radical (unpaired) electrons. The van der Waals surface area contributed by atoms with Gasteiger partial charge in [0.2, 0.25) is 0 Å². The Bertz CT molecular complexity index is 1110. The summed E-state index contributed by atoms with van der Waals surface area (Å²) < 4.78 is 10.9. The van der Waals surface area contributed by atoms with E-state index in [2.05, 4.69) is 22.2 Å². The molecular weight excluding hydrogens is 449 g/mol. The van der Waals surface area contributed by atoms with Crippen molar-refractivity contribution in [2.45, 2.75) is 12.8 Å². The molecule has 0 saturated carbocycles. The van der Waals surface area contributed by atoms with Gasteiger partial charge in [-0.1, -0.05) is 23.2 Å². The number of methoxy groups -OCH3 is 2. The summed E-state index contributed by atoms with van der Waals surface area (Å²) in [7, 11) is 5.26. The van der Waals surface area contributed by atoms with Crippen molar-refractivity contribution < 1.29 is 9.47 Å². The van der Waals surface area contributed by atoms with Crippen molar-refractivity contribution in [1.29, 1.82) is 0 Å². The van der Waals surface area contributed by atoms with Crippen LogP contribution in [0.3, 0.4) is 0 Å². The highest BCUT2D eigenvalue weighted by atomic mass is 35.5. The number of pyridine rings is 2. The highest BCUT2D eigenvalue weighted by molar-refractivity contribution is 6.41. The predicted octanol–water partition coefficient (Wildman–Crippen LogP) is 4.96. The molecule has 3 heterocycles. The first kappa shape index (κ1) is 22.7. The van der Waals surface area contributed by atoms with Crippen LogP contribution in [0.1, 0.15) is 12.8 Å². The molecule has 0 atom stereocenters. The van der Waals surface area contributed by atoms with E-state index < -0.39 is 0 Å². The lowest BCUT2D eigenvalue weighted by Crippen LogP contribution is -2.33. The van der Waals surface area contributed by atoms with E-state index >= 15 is 0 Å². The van der Waals surface area contributed by atoms with Crippen LogP contribution in [-0.2, 0) is 0 Å². The zero-order valence-corrected chi connectivity index (χ0v) is 19.9. The normalized spacial score (nSPS) is 15.2. The number of hydrogen-bond donors (Lipinski definition) is 2. The van der Waals surface area contributed by atoms with Crippen molar-refractivity contribution >= 4 is 45.6 Å². The topological polar surface area (TPSA) is 85.5 Å². The summed E-state index contributed by atoms with van der Waals surface area (Å²) in [6, 6.07) is 5.39. The number of likely N-dealkylation sites (tertiary alicyclic amines) is 1. The van der Waals surface area contributed by atoms with Crippen molar-refractivity contribution in [1.82, 2.24) is 14.9 Å². The smallest absolute Gasteiger partial charge is 0.141 e. The molecule has 0 bridgehead atoms. The fourth-order valence-corrected chi connectivity index (χ4v) is 4.74. The maximum absolute atomic E-state index is 6.65. The van der Waals surface area contributed by atoms with Gasteiger partial charge in [0, 0.05) is 35.1 Å². The van der Waals surface area contributed by atoms with Crippen LogP contribution in [-0.4, -0.2) is 55.8 Å². The number of nitrogens with zero attached hydrogens (tertiary/aromatic N) is 3. The molecule has 0 unspecified atom stereocenters. The number of hydrogen-bond acceptors (Lipinski definition) is 7. The van der Waals surface area contributed by atoms with Gasteiger partial charge < -0.3 is 25.4 Å². The van der Waals surface area contributed by atoms with Crippen LogP contribution in [0.4, 0.5) is 11.6 Å². The summed E-state index contributed by atoms with van der Waals surface area (Å²) in [6.45, 7) is 3.03. The molecule has 1 aliphatic heterocycles. The van der Waals surface area contributed by atoms with Crippen LogP contribution in [0.25, 0.3) is 22.0 Å². The molecule has 1 saturated heterocycles. The molecule has 3 N–H and O–H groups in total. The van der Waals surface area contributed by atoms with E-state index in [-0.39, 0.29) is 0 Å². The Morgan fingerprint density at radius 3 is 2.38 bits per heavy atom. The second-order valence-electron chi connectivity index (χ2n) is 8.10. The first-order chi connectivity index (χ1) is 15.4. The van der Waals surface area contributed by atoms with Gasteiger partial charge in [0.1, 0.15) is 23.1 Å². The molecule has 9 heteroatoms. The maximum Gasteiger partial charge on any atom is 0.141 e. The quantitative estimate of drug-likeness (QED) is 0.520. The van der Waals surface area contributed by atoms with Gasteiger partial charge >= 0.3 is 0 Å². The Balaban J connectivity index is 1.79. The molecule has 4 rings (SSSR count).